The molecule has 1 saturated heterocycles. The van der Waals surface area contributed by atoms with Crippen LogP contribution in [0.1, 0.15) is 41.0 Å². The summed E-state index contributed by atoms with van der Waals surface area (Å²) in [5, 5.41) is 1.82. The van der Waals surface area contributed by atoms with Gasteiger partial charge in [0.05, 0.1) is 15.7 Å². The molecule has 0 N–H and O–H groups in total. The van der Waals surface area contributed by atoms with Gasteiger partial charge in [-0.3, -0.25) is 9.69 Å². The molecular weight excluding hydrogens is 401 g/mol. The molecule has 0 spiro atoms. The number of benzene rings is 1. The second-order valence-corrected chi connectivity index (χ2v) is 9.14. The number of aryl methyl sites for hydroxylation is 1. The molecule has 1 aromatic carbocycles. The van der Waals surface area contributed by atoms with E-state index in [1.165, 1.54) is 37.0 Å². The van der Waals surface area contributed by atoms with Crippen molar-refractivity contribution in [1.29, 1.82) is 0 Å². The Labute approximate surface area is 174 Å². The van der Waals surface area contributed by atoms with E-state index in [4.69, 9.17) is 23.2 Å². The molecule has 0 atom stereocenters. The van der Waals surface area contributed by atoms with Gasteiger partial charge < -0.3 is 4.90 Å². The Balaban J connectivity index is 1.46. The molecule has 1 aliphatic heterocycles. The molecule has 27 heavy (non-hydrogen) atoms. The second-order valence-electron chi connectivity index (χ2n) is 7.33. The molecule has 2 aliphatic rings. The highest BCUT2D eigenvalue weighted by Crippen LogP contribution is 2.33. The number of hydrogen-bond acceptors (Lipinski definition) is 4. The predicted molar refractivity (Wildman–Crippen MR) is 112 cm³/mol. The zero-order valence-electron chi connectivity index (χ0n) is 15.4. The maximum atomic E-state index is 13.0. The molecule has 4 rings (SSSR count). The molecule has 0 radical (unpaired) electrons. The van der Waals surface area contributed by atoms with Crippen LogP contribution in [0.2, 0.25) is 10.0 Å². The van der Waals surface area contributed by atoms with E-state index in [2.05, 4.69) is 9.88 Å². The molecule has 1 saturated carbocycles. The van der Waals surface area contributed by atoms with Crippen molar-refractivity contribution in [3.8, 4) is 10.6 Å². The molecule has 0 bridgehead atoms. The van der Waals surface area contributed by atoms with E-state index in [-0.39, 0.29) is 5.91 Å². The fourth-order valence-corrected chi connectivity index (χ4v) is 5.38. The third kappa shape index (κ3) is 4.02. The second kappa shape index (κ2) is 8.08. The number of nitrogens with zero attached hydrogens (tertiary/aromatic N) is 3. The van der Waals surface area contributed by atoms with Crippen LogP contribution in [-0.2, 0) is 0 Å². The van der Waals surface area contributed by atoms with E-state index < -0.39 is 0 Å². The zero-order valence-corrected chi connectivity index (χ0v) is 17.7. The highest BCUT2D eigenvalue weighted by Gasteiger charge is 2.29. The van der Waals surface area contributed by atoms with Crippen molar-refractivity contribution in [2.45, 2.75) is 38.6 Å². The normalized spacial score (nSPS) is 19.0. The van der Waals surface area contributed by atoms with Crippen LogP contribution in [0.5, 0.6) is 0 Å². The van der Waals surface area contributed by atoms with Gasteiger partial charge in [-0.1, -0.05) is 42.1 Å². The van der Waals surface area contributed by atoms with Gasteiger partial charge in [0.2, 0.25) is 0 Å². The summed E-state index contributed by atoms with van der Waals surface area (Å²) < 4.78 is 0. The Bertz CT molecular complexity index is 840. The van der Waals surface area contributed by atoms with Crippen LogP contribution in [0.25, 0.3) is 10.6 Å². The number of piperazine rings is 1. The molecule has 4 nitrogen and oxygen atoms in total. The molecule has 2 aromatic rings. The lowest BCUT2D eigenvalue weighted by Gasteiger charge is -2.37. The van der Waals surface area contributed by atoms with Gasteiger partial charge in [0, 0.05) is 37.8 Å². The van der Waals surface area contributed by atoms with Gasteiger partial charge in [0.25, 0.3) is 5.91 Å². The Hall–Kier alpha value is -1.14. The maximum absolute atomic E-state index is 13.0. The first-order chi connectivity index (χ1) is 13.0. The summed E-state index contributed by atoms with van der Waals surface area (Å²) in [4.78, 5) is 22.9. The summed E-state index contributed by atoms with van der Waals surface area (Å²) in [5.74, 6) is 0.0994. The molecule has 1 amide bonds. The number of rotatable bonds is 3. The van der Waals surface area contributed by atoms with Crippen LogP contribution >= 0.6 is 34.5 Å². The Morgan fingerprint density at radius 3 is 2.48 bits per heavy atom. The van der Waals surface area contributed by atoms with Gasteiger partial charge in [-0.15, -0.1) is 11.3 Å². The minimum Gasteiger partial charge on any atom is -0.335 e. The number of carbonyl (C=O) groups is 1. The zero-order chi connectivity index (χ0) is 19.0. The summed E-state index contributed by atoms with van der Waals surface area (Å²) >= 11 is 13.6. The molecule has 2 fully saturated rings. The quantitative estimate of drug-likeness (QED) is 0.686. The maximum Gasteiger partial charge on any atom is 0.265 e. The standard InChI is InChI=1S/C20H23Cl2N3OS/c1-13-18(27-19(23-13)14-6-7-16(21)17(22)12-14)20(26)25-10-8-24(9-11-25)15-4-2-3-5-15/h6-7,12,15H,2-5,8-11H2,1H3. The molecule has 144 valence electrons. The molecule has 2 heterocycles. The molecule has 1 aliphatic carbocycles. The van der Waals surface area contributed by atoms with Gasteiger partial charge in [0.1, 0.15) is 9.88 Å². The van der Waals surface area contributed by atoms with Crippen molar-refractivity contribution in [2.75, 3.05) is 26.2 Å². The van der Waals surface area contributed by atoms with Crippen molar-refractivity contribution in [3.63, 3.8) is 0 Å². The van der Waals surface area contributed by atoms with Gasteiger partial charge in [-0.2, -0.15) is 0 Å². The van der Waals surface area contributed by atoms with Crippen LogP contribution in [-0.4, -0.2) is 52.9 Å². The number of hydrogen-bond donors (Lipinski definition) is 0. The SMILES string of the molecule is Cc1nc(-c2ccc(Cl)c(Cl)c2)sc1C(=O)N1CCN(C2CCCC2)CC1. The number of halogens is 2. The highest BCUT2D eigenvalue weighted by molar-refractivity contribution is 7.17. The fraction of sp³-hybridized carbons (Fsp3) is 0.500. The third-order valence-corrected chi connectivity index (χ3v) is 7.53. The third-order valence-electron chi connectivity index (χ3n) is 5.60. The molecule has 1 aromatic heterocycles. The van der Waals surface area contributed by atoms with E-state index in [0.29, 0.717) is 10.0 Å². The Kier molecular flexibility index (Phi) is 5.74. The number of thiazole rings is 1. The van der Waals surface area contributed by atoms with Crippen molar-refractivity contribution < 1.29 is 4.79 Å². The average Bonchev–Trinajstić information content (AvgIpc) is 3.33. The Morgan fingerprint density at radius 1 is 1.11 bits per heavy atom. The first-order valence-electron chi connectivity index (χ1n) is 9.49. The van der Waals surface area contributed by atoms with Gasteiger partial charge >= 0.3 is 0 Å². The van der Waals surface area contributed by atoms with Crippen LogP contribution in [0.15, 0.2) is 18.2 Å². The van der Waals surface area contributed by atoms with Crippen molar-refractivity contribution in [1.82, 2.24) is 14.8 Å². The number of amides is 1. The molecule has 7 heteroatoms. The first-order valence-corrected chi connectivity index (χ1v) is 11.1. The van der Waals surface area contributed by atoms with Crippen molar-refractivity contribution in [2.24, 2.45) is 0 Å². The van der Waals surface area contributed by atoms with Gasteiger partial charge in [-0.25, -0.2) is 4.98 Å². The predicted octanol–water partition coefficient (Wildman–Crippen LogP) is 5.13. The van der Waals surface area contributed by atoms with E-state index in [9.17, 15) is 4.79 Å². The minimum absolute atomic E-state index is 0.0994. The largest absolute Gasteiger partial charge is 0.335 e. The topological polar surface area (TPSA) is 36.4 Å². The average molecular weight is 424 g/mol. The van der Waals surface area contributed by atoms with Crippen LogP contribution < -0.4 is 0 Å². The van der Waals surface area contributed by atoms with Crippen LogP contribution in [0.4, 0.5) is 0 Å². The van der Waals surface area contributed by atoms with Crippen molar-refractivity contribution in [3.05, 3.63) is 38.8 Å². The van der Waals surface area contributed by atoms with Crippen LogP contribution in [0.3, 0.4) is 0 Å². The minimum atomic E-state index is 0.0994. The molecular formula is C20H23Cl2N3OS. The monoisotopic (exact) mass is 423 g/mol. The summed E-state index contributed by atoms with van der Waals surface area (Å²) in [5.41, 5.74) is 1.67. The Morgan fingerprint density at radius 2 is 1.81 bits per heavy atom. The lowest BCUT2D eigenvalue weighted by atomic mass is 10.1. The smallest absolute Gasteiger partial charge is 0.265 e. The fourth-order valence-electron chi connectivity index (χ4n) is 4.05. The van der Waals surface area contributed by atoms with Gasteiger partial charge in [0.15, 0.2) is 0 Å². The summed E-state index contributed by atoms with van der Waals surface area (Å²) in [7, 11) is 0. The van der Waals surface area contributed by atoms with E-state index in [1.807, 2.05) is 17.9 Å². The van der Waals surface area contributed by atoms with Crippen molar-refractivity contribution >= 4 is 40.4 Å². The van der Waals surface area contributed by atoms with Crippen LogP contribution in [0, 0.1) is 6.92 Å². The molecule has 0 unspecified atom stereocenters. The lowest BCUT2D eigenvalue weighted by molar-refractivity contribution is 0.0577. The summed E-state index contributed by atoms with van der Waals surface area (Å²) in [6.45, 7) is 5.46. The summed E-state index contributed by atoms with van der Waals surface area (Å²) in [6.07, 6.45) is 5.33. The van der Waals surface area contributed by atoms with E-state index >= 15 is 0 Å². The van der Waals surface area contributed by atoms with E-state index in [1.54, 1.807) is 12.1 Å². The van der Waals surface area contributed by atoms with E-state index in [0.717, 1.165) is 53.4 Å². The number of carbonyl (C=O) groups excluding carboxylic acids is 1. The lowest BCUT2D eigenvalue weighted by Crippen LogP contribution is -2.51. The highest BCUT2D eigenvalue weighted by atomic mass is 35.5. The number of aromatic nitrogens is 1. The first kappa shape index (κ1) is 19.2. The summed E-state index contributed by atoms with van der Waals surface area (Å²) in [6, 6.07) is 6.19. The van der Waals surface area contributed by atoms with Gasteiger partial charge in [-0.05, 0) is 31.9 Å².